The molecule has 3 atom stereocenters. The third kappa shape index (κ3) is 7.01. The van der Waals surface area contributed by atoms with Crippen LogP contribution in [0.3, 0.4) is 0 Å². The van der Waals surface area contributed by atoms with Gasteiger partial charge in [0.1, 0.15) is 11.8 Å². The molecule has 1 aliphatic heterocycles. The van der Waals surface area contributed by atoms with Gasteiger partial charge in [0, 0.05) is 17.4 Å². The number of benzene rings is 4. The summed E-state index contributed by atoms with van der Waals surface area (Å²) in [4.78, 5) is 43.7. The fraction of sp³-hybridized carbons (Fsp3) is 0.341. The van der Waals surface area contributed by atoms with E-state index in [1.807, 2.05) is 91.9 Å². The lowest BCUT2D eigenvalue weighted by atomic mass is 9.80. The minimum absolute atomic E-state index is 0.221. The van der Waals surface area contributed by atoms with E-state index in [1.54, 1.807) is 12.0 Å². The van der Waals surface area contributed by atoms with Crippen LogP contribution in [0.25, 0.3) is 22.3 Å². The van der Waals surface area contributed by atoms with Crippen molar-refractivity contribution in [3.8, 4) is 28.0 Å². The number of carbonyl (C=O) groups is 3. The van der Waals surface area contributed by atoms with Crippen molar-refractivity contribution in [3.05, 3.63) is 108 Å². The first-order chi connectivity index (χ1) is 23.4. The second-order valence-electron chi connectivity index (χ2n) is 13.2. The summed E-state index contributed by atoms with van der Waals surface area (Å²) < 4.78 is 5.34. The summed E-state index contributed by atoms with van der Waals surface area (Å²) >= 11 is 0. The Morgan fingerprint density at radius 3 is 2.29 bits per heavy atom. The Bertz CT molecular complexity index is 1760. The molecule has 48 heavy (non-hydrogen) atoms. The van der Waals surface area contributed by atoms with Crippen molar-refractivity contribution in [2.24, 2.45) is 23.5 Å². The number of nitrogens with two attached hydrogens (primary N) is 1. The zero-order valence-corrected chi connectivity index (χ0v) is 27.9. The summed E-state index contributed by atoms with van der Waals surface area (Å²) in [6, 6.07) is 30.9. The minimum Gasteiger partial charge on any atom is -0.497 e. The second-order valence-corrected chi connectivity index (χ2v) is 13.2. The third-order valence-electron chi connectivity index (χ3n) is 10.1. The number of rotatable bonds is 12. The van der Waals surface area contributed by atoms with Crippen LogP contribution in [0.2, 0.25) is 0 Å². The van der Waals surface area contributed by atoms with Crippen LogP contribution >= 0.6 is 0 Å². The van der Waals surface area contributed by atoms with Crippen LogP contribution in [-0.2, 0) is 20.9 Å². The number of methoxy groups -OCH3 is 1. The number of ether oxygens (including phenoxy) is 1. The SMILES string of the molecule is CCCC(C(N)=O)C(CC1CCCC1)C(=O)NC1C(=O)N(Cc2cccc(-c3ccc(OC)cc3)c2)c2ccccc2-c2ccccc21. The molecule has 0 spiro atoms. The molecule has 3 amide bonds. The molecule has 1 aliphatic carbocycles. The van der Waals surface area contributed by atoms with Gasteiger partial charge in [-0.25, -0.2) is 0 Å². The molecule has 6 rings (SSSR count). The number of hydrogen-bond donors (Lipinski definition) is 2. The predicted octanol–water partition coefficient (Wildman–Crippen LogP) is 7.83. The summed E-state index contributed by atoms with van der Waals surface area (Å²) in [5, 5.41) is 3.18. The quantitative estimate of drug-likeness (QED) is 0.164. The molecule has 0 bridgehead atoms. The van der Waals surface area contributed by atoms with Gasteiger partial charge in [0.05, 0.1) is 19.3 Å². The van der Waals surface area contributed by atoms with Crippen LogP contribution in [-0.4, -0.2) is 24.8 Å². The topological polar surface area (TPSA) is 102 Å². The van der Waals surface area contributed by atoms with Gasteiger partial charge >= 0.3 is 0 Å². The average molecular weight is 644 g/mol. The van der Waals surface area contributed by atoms with Crippen molar-refractivity contribution >= 4 is 23.4 Å². The maximum atomic E-state index is 14.8. The third-order valence-corrected chi connectivity index (χ3v) is 10.1. The summed E-state index contributed by atoms with van der Waals surface area (Å²) in [5.41, 5.74) is 12.3. The number of hydrogen-bond acceptors (Lipinski definition) is 4. The van der Waals surface area contributed by atoms with E-state index in [-0.39, 0.29) is 11.8 Å². The Kier molecular flexibility index (Phi) is 10.2. The molecule has 7 heteroatoms. The van der Waals surface area contributed by atoms with Crippen molar-refractivity contribution < 1.29 is 19.1 Å². The predicted molar refractivity (Wildman–Crippen MR) is 190 cm³/mol. The molecule has 7 nitrogen and oxygen atoms in total. The molecule has 4 aromatic rings. The van der Waals surface area contributed by atoms with Crippen LogP contribution < -0.4 is 20.7 Å². The molecule has 4 aromatic carbocycles. The largest absolute Gasteiger partial charge is 0.497 e. The lowest BCUT2D eigenvalue weighted by Gasteiger charge is -2.30. The molecule has 2 aliphatic rings. The maximum absolute atomic E-state index is 14.8. The van der Waals surface area contributed by atoms with Gasteiger partial charge in [-0.1, -0.05) is 112 Å². The summed E-state index contributed by atoms with van der Waals surface area (Å²) in [6.45, 7) is 2.32. The van der Waals surface area contributed by atoms with E-state index < -0.39 is 23.8 Å². The number of fused-ring (bicyclic) bond motifs is 3. The van der Waals surface area contributed by atoms with Crippen LogP contribution in [0, 0.1) is 17.8 Å². The molecular formula is C41H45N3O4. The zero-order valence-electron chi connectivity index (χ0n) is 27.9. The van der Waals surface area contributed by atoms with Gasteiger partial charge in [-0.2, -0.15) is 0 Å². The second kappa shape index (κ2) is 14.9. The first-order valence-corrected chi connectivity index (χ1v) is 17.2. The van der Waals surface area contributed by atoms with Crippen LogP contribution in [0.5, 0.6) is 5.75 Å². The van der Waals surface area contributed by atoms with E-state index >= 15 is 0 Å². The van der Waals surface area contributed by atoms with Gasteiger partial charge in [0.15, 0.2) is 0 Å². The van der Waals surface area contributed by atoms with E-state index in [1.165, 1.54) is 0 Å². The molecule has 0 saturated heterocycles. The summed E-state index contributed by atoms with van der Waals surface area (Å²) in [7, 11) is 1.65. The lowest BCUT2D eigenvalue weighted by Crippen LogP contribution is -2.47. The Morgan fingerprint density at radius 1 is 0.875 bits per heavy atom. The maximum Gasteiger partial charge on any atom is 0.254 e. The zero-order chi connectivity index (χ0) is 33.6. The van der Waals surface area contributed by atoms with Crippen LogP contribution in [0.1, 0.15) is 69.0 Å². The number of nitrogens with zero attached hydrogens (tertiary/aromatic N) is 1. The van der Waals surface area contributed by atoms with Crippen molar-refractivity contribution in [1.82, 2.24) is 5.32 Å². The fourth-order valence-electron chi connectivity index (χ4n) is 7.62. The van der Waals surface area contributed by atoms with Gasteiger partial charge in [0.25, 0.3) is 5.91 Å². The van der Waals surface area contributed by atoms with E-state index in [0.29, 0.717) is 25.3 Å². The van der Waals surface area contributed by atoms with Crippen molar-refractivity contribution in [2.45, 2.75) is 64.5 Å². The number of amides is 3. The number of carbonyl (C=O) groups excluding carboxylic acids is 3. The van der Waals surface area contributed by atoms with Crippen molar-refractivity contribution in [1.29, 1.82) is 0 Å². The molecule has 0 radical (unpaired) electrons. The molecule has 0 aromatic heterocycles. The van der Waals surface area contributed by atoms with Gasteiger partial charge in [-0.3, -0.25) is 14.4 Å². The summed E-state index contributed by atoms with van der Waals surface area (Å²) in [6.07, 6.45) is 6.24. The van der Waals surface area contributed by atoms with Crippen molar-refractivity contribution in [2.75, 3.05) is 12.0 Å². The first-order valence-electron chi connectivity index (χ1n) is 17.2. The van der Waals surface area contributed by atoms with Gasteiger partial charge < -0.3 is 20.7 Å². The van der Waals surface area contributed by atoms with E-state index in [4.69, 9.17) is 10.5 Å². The monoisotopic (exact) mass is 643 g/mol. The Hall–Kier alpha value is -4.91. The highest BCUT2D eigenvalue weighted by Gasteiger charge is 2.39. The smallest absolute Gasteiger partial charge is 0.254 e. The number of primary amides is 1. The van der Waals surface area contributed by atoms with Gasteiger partial charge in [-0.15, -0.1) is 0 Å². The molecule has 3 N–H and O–H groups in total. The van der Waals surface area contributed by atoms with Gasteiger partial charge in [0.2, 0.25) is 11.8 Å². The first kappa shape index (κ1) is 33.0. The number of nitrogens with one attached hydrogen (secondary N) is 1. The highest BCUT2D eigenvalue weighted by atomic mass is 16.5. The fourth-order valence-corrected chi connectivity index (χ4v) is 7.62. The lowest BCUT2D eigenvalue weighted by molar-refractivity contribution is -0.136. The average Bonchev–Trinajstić information content (AvgIpc) is 3.61. The molecule has 1 fully saturated rings. The Morgan fingerprint density at radius 2 is 1.58 bits per heavy atom. The minimum atomic E-state index is -0.938. The van der Waals surface area contributed by atoms with Crippen molar-refractivity contribution in [3.63, 3.8) is 0 Å². The molecular weight excluding hydrogens is 598 g/mol. The molecule has 3 unspecified atom stereocenters. The molecule has 248 valence electrons. The number of anilines is 1. The van der Waals surface area contributed by atoms with Crippen LogP contribution in [0.15, 0.2) is 97.1 Å². The van der Waals surface area contributed by atoms with E-state index in [2.05, 4.69) is 17.4 Å². The van der Waals surface area contributed by atoms with Gasteiger partial charge in [-0.05, 0) is 70.8 Å². The van der Waals surface area contributed by atoms with E-state index in [9.17, 15) is 14.4 Å². The highest BCUT2D eigenvalue weighted by Crippen LogP contribution is 2.42. The molecule has 1 heterocycles. The molecule has 1 saturated carbocycles. The highest BCUT2D eigenvalue weighted by molar-refractivity contribution is 6.06. The summed E-state index contributed by atoms with van der Waals surface area (Å²) in [5.74, 6) is -0.965. The normalized spacial score (nSPS) is 17.2. The Balaban J connectivity index is 1.37. The standard InChI is InChI=1S/C41H45N3O4/c1-3-11-35(39(42)45)36(25-27-12-4-5-13-27)40(46)43-38-34-18-7-6-16-32(34)33-17-8-9-19-37(33)44(41(38)47)26-28-14-10-15-30(24-28)29-20-22-31(48-2)23-21-29/h6-10,14-24,27,35-36,38H,3-5,11-13,25-26H2,1-2H3,(H2,42,45)(H,43,46). The van der Waals surface area contributed by atoms with Crippen LogP contribution in [0.4, 0.5) is 5.69 Å². The van der Waals surface area contributed by atoms with E-state index in [0.717, 1.165) is 76.9 Å². The Labute approximate surface area is 283 Å². The number of para-hydroxylation sites is 1.